The van der Waals surface area contributed by atoms with Gasteiger partial charge in [-0.1, -0.05) is 38.1 Å². The van der Waals surface area contributed by atoms with Crippen LogP contribution in [0, 0.1) is 13.8 Å². The van der Waals surface area contributed by atoms with Crippen LogP contribution in [0.25, 0.3) is 0 Å². The Hall–Kier alpha value is -2.82. The normalized spacial score (nSPS) is 15.6. The first-order valence-corrected chi connectivity index (χ1v) is 11.2. The van der Waals surface area contributed by atoms with Crippen LogP contribution in [-0.4, -0.2) is 41.9 Å². The van der Waals surface area contributed by atoms with Gasteiger partial charge >= 0.3 is 0 Å². The Balaban J connectivity index is 1.51. The molecule has 1 atom stereocenters. The average molecular weight is 423 g/mol. The highest BCUT2D eigenvalue weighted by molar-refractivity contribution is 5.94. The van der Waals surface area contributed by atoms with Crippen LogP contribution < -0.4 is 10.1 Å². The molecule has 0 aliphatic carbocycles. The number of benzene rings is 2. The molecule has 1 fully saturated rings. The lowest BCUT2D eigenvalue weighted by Crippen LogP contribution is -2.49. The number of ether oxygens (including phenoxy) is 1. The van der Waals surface area contributed by atoms with Crippen molar-refractivity contribution in [3.8, 4) is 5.75 Å². The third-order valence-corrected chi connectivity index (χ3v) is 6.10. The van der Waals surface area contributed by atoms with Crippen molar-refractivity contribution in [1.82, 2.24) is 10.2 Å². The second-order valence-electron chi connectivity index (χ2n) is 8.83. The fourth-order valence-electron chi connectivity index (χ4n) is 3.91. The summed E-state index contributed by atoms with van der Waals surface area (Å²) in [6, 6.07) is 13.8. The Morgan fingerprint density at radius 1 is 1.00 bits per heavy atom. The zero-order valence-electron chi connectivity index (χ0n) is 19.3. The summed E-state index contributed by atoms with van der Waals surface area (Å²) in [7, 11) is 0. The van der Waals surface area contributed by atoms with E-state index in [1.807, 2.05) is 61.2 Å². The van der Waals surface area contributed by atoms with Crippen LogP contribution >= 0.6 is 0 Å². The molecule has 0 spiro atoms. The Kier molecular flexibility index (Phi) is 7.37. The van der Waals surface area contributed by atoms with Gasteiger partial charge in [0.05, 0.1) is 0 Å². The van der Waals surface area contributed by atoms with Gasteiger partial charge in [0.15, 0.2) is 6.10 Å². The number of rotatable bonds is 6. The molecule has 1 aliphatic heterocycles. The van der Waals surface area contributed by atoms with Crippen molar-refractivity contribution < 1.29 is 14.3 Å². The van der Waals surface area contributed by atoms with E-state index in [9.17, 15) is 9.59 Å². The first-order chi connectivity index (χ1) is 14.8. The van der Waals surface area contributed by atoms with E-state index in [2.05, 4.69) is 19.2 Å². The highest BCUT2D eigenvalue weighted by atomic mass is 16.5. The lowest BCUT2D eigenvalue weighted by atomic mass is 10.0. The number of nitrogens with one attached hydrogen (secondary N) is 1. The first kappa shape index (κ1) is 22.9. The van der Waals surface area contributed by atoms with Crippen LogP contribution in [-0.2, 0) is 4.79 Å². The average Bonchev–Trinajstić information content (AvgIpc) is 2.76. The summed E-state index contributed by atoms with van der Waals surface area (Å²) in [5, 5.41) is 3.10. The lowest BCUT2D eigenvalue weighted by molar-refractivity contribution is -0.128. The van der Waals surface area contributed by atoms with Crippen molar-refractivity contribution in [2.75, 3.05) is 13.1 Å². The van der Waals surface area contributed by atoms with Crippen molar-refractivity contribution in [3.63, 3.8) is 0 Å². The summed E-state index contributed by atoms with van der Waals surface area (Å²) >= 11 is 0. The molecule has 0 radical (unpaired) electrons. The van der Waals surface area contributed by atoms with Gasteiger partial charge in [-0.3, -0.25) is 9.59 Å². The summed E-state index contributed by atoms with van der Waals surface area (Å²) in [5.41, 5.74) is 4.14. The maximum atomic E-state index is 12.8. The van der Waals surface area contributed by atoms with E-state index >= 15 is 0 Å². The minimum absolute atomic E-state index is 0.0581. The number of aryl methyl sites for hydroxylation is 2. The van der Waals surface area contributed by atoms with Crippen LogP contribution in [0.3, 0.4) is 0 Å². The predicted molar refractivity (Wildman–Crippen MR) is 124 cm³/mol. The largest absolute Gasteiger partial charge is 0.481 e. The molecule has 5 heteroatoms. The lowest BCUT2D eigenvalue weighted by Gasteiger charge is -2.33. The van der Waals surface area contributed by atoms with Crippen molar-refractivity contribution in [2.24, 2.45) is 0 Å². The predicted octanol–water partition coefficient (Wildman–Crippen LogP) is 4.62. The molecular formula is C26H34N2O3. The number of carbonyl (C=O) groups excluding carboxylic acids is 2. The Morgan fingerprint density at radius 3 is 2.32 bits per heavy atom. The molecule has 1 aliphatic rings. The van der Waals surface area contributed by atoms with Crippen LogP contribution in [0.2, 0.25) is 0 Å². The summed E-state index contributed by atoms with van der Waals surface area (Å²) in [6.07, 6.45) is 0.921. The van der Waals surface area contributed by atoms with Gasteiger partial charge in [0.2, 0.25) is 0 Å². The number of piperidine rings is 1. The van der Waals surface area contributed by atoms with Gasteiger partial charge in [0, 0.05) is 24.7 Å². The molecule has 1 unspecified atom stereocenters. The molecule has 0 aromatic heterocycles. The van der Waals surface area contributed by atoms with E-state index < -0.39 is 6.10 Å². The van der Waals surface area contributed by atoms with E-state index in [4.69, 9.17) is 4.74 Å². The van der Waals surface area contributed by atoms with Crippen LogP contribution in [0.1, 0.15) is 66.6 Å². The Labute approximate surface area is 185 Å². The zero-order valence-corrected chi connectivity index (χ0v) is 19.3. The fourth-order valence-corrected chi connectivity index (χ4v) is 3.91. The Bertz CT molecular complexity index is 930. The molecule has 2 aromatic rings. The number of amides is 2. The molecule has 2 amide bonds. The number of likely N-dealkylation sites (tertiary alicyclic amines) is 1. The second kappa shape index (κ2) is 9.99. The van der Waals surface area contributed by atoms with Crippen LogP contribution in [0.4, 0.5) is 0 Å². The maximum Gasteiger partial charge on any atom is 0.260 e. The third kappa shape index (κ3) is 5.66. The molecular weight excluding hydrogens is 388 g/mol. The molecule has 5 nitrogen and oxygen atoms in total. The van der Waals surface area contributed by atoms with E-state index in [0.29, 0.717) is 19.0 Å². The number of hydrogen-bond donors (Lipinski definition) is 1. The zero-order chi connectivity index (χ0) is 22.5. The van der Waals surface area contributed by atoms with Crippen molar-refractivity contribution in [3.05, 3.63) is 64.7 Å². The Morgan fingerprint density at radius 2 is 1.68 bits per heavy atom. The van der Waals surface area contributed by atoms with E-state index in [1.165, 1.54) is 5.56 Å². The number of hydrogen-bond acceptors (Lipinski definition) is 3. The maximum absolute atomic E-state index is 12.8. The molecule has 1 N–H and O–H groups in total. The summed E-state index contributed by atoms with van der Waals surface area (Å²) in [6.45, 7) is 11.4. The minimum atomic E-state index is -0.574. The molecule has 1 heterocycles. The molecule has 3 rings (SSSR count). The van der Waals surface area contributed by atoms with E-state index in [-0.39, 0.29) is 17.9 Å². The van der Waals surface area contributed by atoms with Gasteiger partial charge in [0.25, 0.3) is 11.8 Å². The molecule has 1 saturated heterocycles. The number of nitrogens with zero attached hydrogens (tertiary/aromatic N) is 1. The quantitative estimate of drug-likeness (QED) is 0.739. The van der Waals surface area contributed by atoms with Crippen LogP contribution in [0.5, 0.6) is 5.75 Å². The molecule has 0 bridgehead atoms. The summed E-state index contributed by atoms with van der Waals surface area (Å²) in [5.74, 6) is 1.03. The van der Waals surface area contributed by atoms with Gasteiger partial charge in [0.1, 0.15) is 5.75 Å². The van der Waals surface area contributed by atoms with Crippen molar-refractivity contribution >= 4 is 11.8 Å². The number of para-hydroxylation sites is 1. The van der Waals surface area contributed by atoms with Gasteiger partial charge in [-0.15, -0.1) is 0 Å². The van der Waals surface area contributed by atoms with Gasteiger partial charge in [-0.25, -0.2) is 0 Å². The van der Waals surface area contributed by atoms with E-state index in [1.54, 1.807) is 6.92 Å². The standard InChI is InChI=1S/C26H34N2O3/c1-17(2)23-8-6-7-9-24(23)31-20(5)25(29)27-22-12-14-28(15-13-22)26(30)21-11-10-18(3)19(4)16-21/h6-11,16-17,20,22H,12-15H2,1-5H3,(H,27,29). The highest BCUT2D eigenvalue weighted by Gasteiger charge is 2.26. The van der Waals surface area contributed by atoms with Crippen LogP contribution in [0.15, 0.2) is 42.5 Å². The second-order valence-corrected chi connectivity index (χ2v) is 8.83. The third-order valence-electron chi connectivity index (χ3n) is 6.10. The summed E-state index contributed by atoms with van der Waals surface area (Å²) < 4.78 is 5.97. The smallest absolute Gasteiger partial charge is 0.260 e. The summed E-state index contributed by atoms with van der Waals surface area (Å²) in [4.78, 5) is 27.4. The van der Waals surface area contributed by atoms with E-state index in [0.717, 1.165) is 35.3 Å². The SMILES string of the molecule is Cc1ccc(C(=O)N2CCC(NC(=O)C(C)Oc3ccccc3C(C)C)CC2)cc1C. The van der Waals surface area contributed by atoms with Gasteiger partial charge in [-0.05, 0) is 74.4 Å². The first-order valence-electron chi connectivity index (χ1n) is 11.2. The molecule has 2 aromatic carbocycles. The van der Waals surface area contributed by atoms with Crippen molar-refractivity contribution in [1.29, 1.82) is 0 Å². The minimum Gasteiger partial charge on any atom is -0.481 e. The molecule has 166 valence electrons. The number of carbonyl (C=O) groups is 2. The monoisotopic (exact) mass is 422 g/mol. The van der Waals surface area contributed by atoms with Gasteiger partial charge in [-0.2, -0.15) is 0 Å². The van der Waals surface area contributed by atoms with Gasteiger partial charge < -0.3 is 15.0 Å². The van der Waals surface area contributed by atoms with Crippen molar-refractivity contribution in [2.45, 2.75) is 65.5 Å². The topological polar surface area (TPSA) is 58.6 Å². The molecule has 31 heavy (non-hydrogen) atoms. The highest BCUT2D eigenvalue weighted by Crippen LogP contribution is 2.27. The molecule has 0 saturated carbocycles. The fraction of sp³-hybridized carbons (Fsp3) is 0.462.